The van der Waals surface area contributed by atoms with Gasteiger partial charge in [0.2, 0.25) is 11.8 Å². The third-order valence-electron chi connectivity index (χ3n) is 5.13. The van der Waals surface area contributed by atoms with E-state index in [0.29, 0.717) is 11.6 Å². The Morgan fingerprint density at radius 3 is 2.44 bits per heavy atom. The first-order chi connectivity index (χ1) is 11.8. The summed E-state index contributed by atoms with van der Waals surface area (Å²) in [4.78, 5) is 31.2. The van der Waals surface area contributed by atoms with Crippen LogP contribution < -0.4 is 4.90 Å². The first-order valence-corrected chi connectivity index (χ1v) is 9.23. The zero-order valence-electron chi connectivity index (χ0n) is 15.2. The summed E-state index contributed by atoms with van der Waals surface area (Å²) in [6, 6.07) is 7.24. The van der Waals surface area contributed by atoms with E-state index in [1.54, 1.807) is 17.0 Å². The van der Waals surface area contributed by atoms with Crippen LogP contribution >= 0.6 is 11.6 Å². The number of halogens is 1. The van der Waals surface area contributed by atoms with E-state index in [2.05, 4.69) is 25.7 Å². The topological polar surface area (TPSA) is 43.9 Å². The lowest BCUT2D eigenvalue weighted by Crippen LogP contribution is -2.55. The Morgan fingerprint density at radius 2 is 1.84 bits per heavy atom. The second-order valence-electron chi connectivity index (χ2n) is 7.87. The van der Waals surface area contributed by atoms with Gasteiger partial charge in [-0.3, -0.25) is 14.5 Å². The molecule has 0 saturated carbocycles. The molecule has 0 spiro atoms. The molecule has 2 heterocycles. The molecule has 1 aromatic carbocycles. The molecule has 0 N–H and O–H groups in total. The number of carbonyl (C=O) groups excluding carboxylic acids is 2. The van der Waals surface area contributed by atoms with Crippen LogP contribution in [0.4, 0.5) is 5.69 Å². The number of hydrogen-bond donors (Lipinski definition) is 0. The molecule has 136 valence electrons. The number of hydrogen-bond acceptors (Lipinski definition) is 3. The summed E-state index contributed by atoms with van der Waals surface area (Å²) in [5.74, 6) is -0.159. The predicted molar refractivity (Wildman–Crippen MR) is 99.8 cm³/mol. The molecule has 0 unspecified atom stereocenters. The van der Waals surface area contributed by atoms with Gasteiger partial charge in [0.15, 0.2) is 0 Å². The molecule has 1 atom stereocenters. The average Bonchev–Trinajstić information content (AvgIpc) is 2.95. The minimum atomic E-state index is -0.257. The van der Waals surface area contributed by atoms with Gasteiger partial charge in [-0.15, -0.1) is 0 Å². The molecule has 0 aromatic heterocycles. The number of carbonyl (C=O) groups is 2. The standard InChI is InChI=1S/C19H26ClN3O2/c1-19(2,3)22-9-7-21(8-10-22)18(25)14-11-17(24)23(13-14)16-6-4-5-15(20)12-16/h4-6,12,14H,7-11,13H2,1-3H3/t14-/m1/s1. The van der Waals surface area contributed by atoms with Gasteiger partial charge >= 0.3 is 0 Å². The summed E-state index contributed by atoms with van der Waals surface area (Å²) >= 11 is 6.02. The van der Waals surface area contributed by atoms with Crippen LogP contribution in [0, 0.1) is 5.92 Å². The Morgan fingerprint density at radius 1 is 1.16 bits per heavy atom. The lowest BCUT2D eigenvalue weighted by Gasteiger charge is -2.42. The van der Waals surface area contributed by atoms with Gasteiger partial charge in [-0.05, 0) is 39.0 Å². The molecule has 25 heavy (non-hydrogen) atoms. The molecule has 2 fully saturated rings. The zero-order chi connectivity index (χ0) is 18.2. The van der Waals surface area contributed by atoms with Crippen LogP contribution in [0.3, 0.4) is 0 Å². The van der Waals surface area contributed by atoms with Crippen molar-refractivity contribution in [3.63, 3.8) is 0 Å². The second-order valence-corrected chi connectivity index (χ2v) is 8.30. The third kappa shape index (κ3) is 3.98. The van der Waals surface area contributed by atoms with Gasteiger partial charge < -0.3 is 9.80 Å². The fraction of sp³-hybridized carbons (Fsp3) is 0.579. The molecule has 1 aromatic rings. The molecule has 2 aliphatic heterocycles. The van der Waals surface area contributed by atoms with Gasteiger partial charge in [-0.25, -0.2) is 0 Å². The van der Waals surface area contributed by atoms with E-state index in [4.69, 9.17) is 11.6 Å². The van der Waals surface area contributed by atoms with Crippen LogP contribution in [-0.2, 0) is 9.59 Å². The Kier molecular flexibility index (Phi) is 5.07. The molecule has 0 aliphatic carbocycles. The maximum Gasteiger partial charge on any atom is 0.228 e. The molecule has 2 saturated heterocycles. The van der Waals surface area contributed by atoms with Gasteiger partial charge in [-0.2, -0.15) is 0 Å². The maximum absolute atomic E-state index is 12.8. The Bertz CT molecular complexity index is 663. The normalized spacial score (nSPS) is 22.6. The van der Waals surface area contributed by atoms with E-state index in [1.807, 2.05) is 17.0 Å². The van der Waals surface area contributed by atoms with Crippen LogP contribution in [0.5, 0.6) is 0 Å². The highest BCUT2D eigenvalue weighted by Crippen LogP contribution is 2.28. The van der Waals surface area contributed by atoms with Crippen LogP contribution in [-0.4, -0.2) is 59.9 Å². The highest BCUT2D eigenvalue weighted by atomic mass is 35.5. The van der Waals surface area contributed by atoms with E-state index in [-0.39, 0.29) is 29.7 Å². The fourth-order valence-electron chi connectivity index (χ4n) is 3.62. The first kappa shape index (κ1) is 18.2. The van der Waals surface area contributed by atoms with Gasteiger partial charge in [-0.1, -0.05) is 17.7 Å². The quantitative estimate of drug-likeness (QED) is 0.811. The molecule has 0 radical (unpaired) electrons. The van der Waals surface area contributed by atoms with Gasteiger partial charge in [0.25, 0.3) is 0 Å². The van der Waals surface area contributed by atoms with Crippen molar-refractivity contribution in [3.8, 4) is 0 Å². The Labute approximate surface area is 154 Å². The summed E-state index contributed by atoms with van der Waals surface area (Å²) in [5.41, 5.74) is 0.896. The molecule has 0 bridgehead atoms. The highest BCUT2D eigenvalue weighted by molar-refractivity contribution is 6.30. The minimum absolute atomic E-state index is 0.00561. The van der Waals surface area contributed by atoms with E-state index in [0.717, 1.165) is 31.9 Å². The van der Waals surface area contributed by atoms with Gasteiger partial charge in [0, 0.05) is 55.4 Å². The SMILES string of the molecule is CC(C)(C)N1CCN(C(=O)[C@@H]2CC(=O)N(c3cccc(Cl)c3)C2)CC1. The number of amides is 2. The molecule has 6 heteroatoms. The van der Waals surface area contributed by atoms with Crippen molar-refractivity contribution in [2.24, 2.45) is 5.92 Å². The van der Waals surface area contributed by atoms with Crippen molar-refractivity contribution in [3.05, 3.63) is 29.3 Å². The van der Waals surface area contributed by atoms with E-state index in [9.17, 15) is 9.59 Å². The van der Waals surface area contributed by atoms with Crippen molar-refractivity contribution < 1.29 is 9.59 Å². The number of benzene rings is 1. The van der Waals surface area contributed by atoms with Gasteiger partial charge in [0.1, 0.15) is 0 Å². The first-order valence-electron chi connectivity index (χ1n) is 8.85. The smallest absolute Gasteiger partial charge is 0.228 e. The van der Waals surface area contributed by atoms with E-state index < -0.39 is 0 Å². The number of piperazine rings is 1. The van der Waals surface area contributed by atoms with E-state index in [1.165, 1.54) is 0 Å². The summed E-state index contributed by atoms with van der Waals surface area (Å²) in [5, 5.41) is 0.596. The summed E-state index contributed by atoms with van der Waals surface area (Å²) in [6.07, 6.45) is 0.283. The third-order valence-corrected chi connectivity index (χ3v) is 5.37. The number of nitrogens with zero attached hydrogens (tertiary/aromatic N) is 3. The maximum atomic E-state index is 12.8. The number of anilines is 1. The minimum Gasteiger partial charge on any atom is -0.340 e. The van der Waals surface area contributed by atoms with Crippen LogP contribution in [0.25, 0.3) is 0 Å². The molecular weight excluding hydrogens is 338 g/mol. The van der Waals surface area contributed by atoms with Crippen LogP contribution in [0.15, 0.2) is 24.3 Å². The van der Waals surface area contributed by atoms with Crippen molar-refractivity contribution in [1.82, 2.24) is 9.80 Å². The van der Waals surface area contributed by atoms with Crippen molar-refractivity contribution in [1.29, 1.82) is 0 Å². The zero-order valence-corrected chi connectivity index (χ0v) is 15.9. The van der Waals surface area contributed by atoms with Crippen molar-refractivity contribution in [2.75, 3.05) is 37.6 Å². The molecule has 2 aliphatic rings. The molecule has 2 amide bonds. The molecule has 5 nitrogen and oxygen atoms in total. The second kappa shape index (κ2) is 6.96. The fourth-order valence-corrected chi connectivity index (χ4v) is 3.81. The van der Waals surface area contributed by atoms with Crippen LogP contribution in [0.1, 0.15) is 27.2 Å². The van der Waals surface area contributed by atoms with E-state index >= 15 is 0 Å². The largest absolute Gasteiger partial charge is 0.340 e. The van der Waals surface area contributed by atoms with Gasteiger partial charge in [0.05, 0.1) is 5.92 Å². The lowest BCUT2D eigenvalue weighted by atomic mass is 10.0. The highest BCUT2D eigenvalue weighted by Gasteiger charge is 2.38. The molecule has 3 rings (SSSR count). The predicted octanol–water partition coefficient (Wildman–Crippen LogP) is 2.64. The Balaban J connectivity index is 1.62. The number of rotatable bonds is 2. The summed E-state index contributed by atoms with van der Waals surface area (Å²) in [7, 11) is 0. The average molecular weight is 364 g/mol. The summed E-state index contributed by atoms with van der Waals surface area (Å²) in [6.45, 7) is 10.3. The molecular formula is C19H26ClN3O2. The van der Waals surface area contributed by atoms with Crippen molar-refractivity contribution in [2.45, 2.75) is 32.7 Å². The van der Waals surface area contributed by atoms with Crippen LogP contribution in [0.2, 0.25) is 5.02 Å². The summed E-state index contributed by atoms with van der Waals surface area (Å²) < 4.78 is 0. The Hall–Kier alpha value is -1.59. The van der Waals surface area contributed by atoms with Crippen molar-refractivity contribution >= 4 is 29.1 Å². The monoisotopic (exact) mass is 363 g/mol. The lowest BCUT2D eigenvalue weighted by molar-refractivity contribution is -0.138.